The third-order valence-electron chi connectivity index (χ3n) is 9.60. The van der Waals surface area contributed by atoms with Crippen molar-refractivity contribution in [2.45, 2.75) is 57.8 Å². The fraction of sp³-hybridized carbons (Fsp3) is 0.300. The Labute approximate surface area is 327 Å². The van der Waals surface area contributed by atoms with Crippen LogP contribution in [0.25, 0.3) is 33.8 Å². The van der Waals surface area contributed by atoms with E-state index < -0.39 is 24.2 Å². The van der Waals surface area contributed by atoms with E-state index in [0.29, 0.717) is 51.5 Å². The number of allylic oxidation sites excluding steroid dienone is 2. The number of benzene rings is 3. The molecule has 1 aliphatic heterocycles. The maximum Gasteiger partial charge on any atom is 0.331 e. The summed E-state index contributed by atoms with van der Waals surface area (Å²) >= 11 is 12.8. The van der Waals surface area contributed by atoms with E-state index in [2.05, 4.69) is 35.9 Å². The summed E-state index contributed by atoms with van der Waals surface area (Å²) in [5.41, 5.74) is 7.32. The maximum atomic E-state index is 13.6. The Balaban J connectivity index is 1.16. The van der Waals surface area contributed by atoms with Crippen LogP contribution >= 0.6 is 23.2 Å². The Morgan fingerprint density at radius 3 is 2.33 bits per heavy atom. The molecule has 5 aromatic rings. The highest BCUT2D eigenvalue weighted by molar-refractivity contribution is 7.91. The van der Waals surface area contributed by atoms with Gasteiger partial charge in [-0.1, -0.05) is 79.3 Å². The molecule has 280 valence electrons. The zero-order valence-corrected chi connectivity index (χ0v) is 33.8. The summed E-state index contributed by atoms with van der Waals surface area (Å²) in [5.74, 6) is 0.159. The molecule has 0 atom stereocenters. The second-order valence-corrected chi connectivity index (χ2v) is 23.1. The molecule has 0 saturated carbocycles. The molecule has 2 aliphatic rings. The molecule has 1 aliphatic carbocycles. The van der Waals surface area contributed by atoms with Gasteiger partial charge in [0.15, 0.2) is 0 Å². The quantitative estimate of drug-likeness (QED) is 0.0915. The van der Waals surface area contributed by atoms with Crippen molar-refractivity contribution >= 4 is 58.7 Å². The number of nitrogens with zero attached hydrogens (tertiary/aromatic N) is 6. The van der Waals surface area contributed by atoms with Crippen molar-refractivity contribution in [3.8, 4) is 28.2 Å². The first-order chi connectivity index (χ1) is 25.9. The van der Waals surface area contributed by atoms with Crippen LogP contribution in [0.1, 0.15) is 42.8 Å². The van der Waals surface area contributed by atoms with Gasteiger partial charge in [-0.3, -0.25) is 4.79 Å². The highest BCUT2D eigenvalue weighted by Gasteiger charge is 2.43. The number of carbonyl (C=O) groups is 1. The van der Waals surface area contributed by atoms with E-state index in [1.807, 2.05) is 59.3 Å². The van der Waals surface area contributed by atoms with E-state index in [4.69, 9.17) is 32.9 Å². The minimum absolute atomic E-state index is 0.312. The van der Waals surface area contributed by atoms with E-state index in [0.717, 1.165) is 50.0 Å². The SMILES string of the molecule is C[Si](C)(C)CCOCN1C(=O)CN(c2cccc(-n3cc(-c4ccc(Cl)cc4Cl)nc3Cc3ccc(-c4ccc(C5=CCCCC5)nn4)cc3)c2)S1(=O)=O. The Morgan fingerprint density at radius 1 is 0.870 bits per heavy atom. The van der Waals surface area contributed by atoms with Crippen molar-refractivity contribution in [2.24, 2.45) is 0 Å². The average Bonchev–Trinajstić information content (AvgIpc) is 3.66. The molecule has 54 heavy (non-hydrogen) atoms. The van der Waals surface area contributed by atoms with Crippen LogP contribution in [0.15, 0.2) is 91.1 Å². The van der Waals surface area contributed by atoms with Crippen molar-refractivity contribution in [1.29, 1.82) is 0 Å². The predicted molar refractivity (Wildman–Crippen MR) is 218 cm³/mol. The molecule has 3 heterocycles. The van der Waals surface area contributed by atoms with Crippen molar-refractivity contribution in [3.63, 3.8) is 0 Å². The van der Waals surface area contributed by atoms with Gasteiger partial charge in [-0.2, -0.15) is 17.8 Å². The molecule has 10 nitrogen and oxygen atoms in total. The number of aromatic nitrogens is 4. The number of rotatable bonds is 12. The van der Waals surface area contributed by atoms with E-state index in [9.17, 15) is 13.2 Å². The number of halogens is 2. The largest absolute Gasteiger partial charge is 0.360 e. The Bertz CT molecular complexity index is 2310. The standard InChI is InChI=1S/C40H42Cl2N6O4SSi/c1-54(2,3)21-20-52-27-48-40(49)26-47(53(48,50)51)33-11-7-10-32(24-33)46-25-38(34-17-16-31(41)23-35(34)42)43-39(46)22-28-12-14-30(15-13-28)37-19-18-36(44-45-37)29-8-5-4-6-9-29/h7-8,10-19,23-25H,4-6,9,20-22,26-27H2,1-3H3. The van der Waals surface area contributed by atoms with Crippen LogP contribution in [0.4, 0.5) is 5.69 Å². The topological polar surface area (TPSA) is 111 Å². The van der Waals surface area contributed by atoms with Crippen molar-refractivity contribution in [1.82, 2.24) is 24.1 Å². The number of hydrogen-bond donors (Lipinski definition) is 0. The summed E-state index contributed by atoms with van der Waals surface area (Å²) in [7, 11) is -5.54. The molecule has 1 saturated heterocycles. The van der Waals surface area contributed by atoms with E-state index >= 15 is 0 Å². The first-order valence-corrected chi connectivity index (χ1v) is 23.9. The Kier molecular flexibility index (Phi) is 11.1. The number of carbonyl (C=O) groups excluding carboxylic acids is 1. The second kappa shape index (κ2) is 15.8. The molecule has 0 unspecified atom stereocenters. The van der Waals surface area contributed by atoms with Crippen LogP contribution in [0.5, 0.6) is 0 Å². The third-order valence-corrected chi connectivity index (χ3v) is 13.6. The molecule has 3 aromatic carbocycles. The molecular weight excluding hydrogens is 760 g/mol. The molecule has 0 N–H and O–H groups in total. The second-order valence-electron chi connectivity index (χ2n) is 14.8. The maximum absolute atomic E-state index is 13.6. The smallest absolute Gasteiger partial charge is 0.331 e. The van der Waals surface area contributed by atoms with Gasteiger partial charge < -0.3 is 9.30 Å². The van der Waals surface area contributed by atoms with Gasteiger partial charge in [0.05, 0.1) is 27.8 Å². The third kappa shape index (κ3) is 8.48. The number of ether oxygens (including phenoxy) is 1. The fourth-order valence-corrected chi connectivity index (χ4v) is 9.19. The molecule has 0 bridgehead atoms. The summed E-state index contributed by atoms with van der Waals surface area (Å²) in [6.45, 7) is 6.40. The van der Waals surface area contributed by atoms with E-state index in [1.165, 1.54) is 18.4 Å². The monoisotopic (exact) mass is 800 g/mol. The molecular formula is C40H42Cl2N6O4SSi. The van der Waals surface area contributed by atoms with Gasteiger partial charge in [-0.25, -0.2) is 9.29 Å². The lowest BCUT2D eigenvalue weighted by Crippen LogP contribution is -2.36. The van der Waals surface area contributed by atoms with Gasteiger partial charge >= 0.3 is 10.2 Å². The first-order valence-electron chi connectivity index (χ1n) is 18.0. The molecule has 0 spiro atoms. The zero-order valence-electron chi connectivity index (χ0n) is 30.5. The summed E-state index contributed by atoms with van der Waals surface area (Å²) in [6.07, 6.45) is 9.14. The molecule has 14 heteroatoms. The molecule has 1 fully saturated rings. The normalized spacial score (nSPS) is 15.9. The molecule has 7 rings (SSSR count). The van der Waals surface area contributed by atoms with Crippen LogP contribution in [0.3, 0.4) is 0 Å². The summed E-state index contributed by atoms with van der Waals surface area (Å²) < 4.78 is 36.8. The van der Waals surface area contributed by atoms with Gasteiger partial charge in [-0.15, -0.1) is 5.10 Å². The fourth-order valence-electron chi connectivity index (χ4n) is 6.52. The lowest BCUT2D eigenvalue weighted by Gasteiger charge is -2.21. The minimum Gasteiger partial charge on any atom is -0.360 e. The van der Waals surface area contributed by atoms with Gasteiger partial charge in [0.1, 0.15) is 19.1 Å². The summed E-state index contributed by atoms with van der Waals surface area (Å²) in [6, 6.07) is 25.4. The lowest BCUT2D eigenvalue weighted by atomic mass is 9.97. The lowest BCUT2D eigenvalue weighted by molar-refractivity contribution is -0.127. The van der Waals surface area contributed by atoms with Crippen molar-refractivity contribution in [2.75, 3.05) is 24.2 Å². The number of hydrogen-bond acceptors (Lipinski definition) is 7. The first kappa shape index (κ1) is 38.0. The zero-order chi connectivity index (χ0) is 38.0. The highest BCUT2D eigenvalue weighted by atomic mass is 35.5. The molecule has 0 radical (unpaired) electrons. The number of imidazole rings is 1. The van der Waals surface area contributed by atoms with Gasteiger partial charge in [0.25, 0.3) is 5.91 Å². The van der Waals surface area contributed by atoms with E-state index in [1.54, 1.807) is 30.3 Å². The molecule has 2 aromatic heterocycles. The summed E-state index contributed by atoms with van der Waals surface area (Å²) in [5, 5.41) is 10.0. The van der Waals surface area contributed by atoms with Crippen molar-refractivity contribution in [3.05, 3.63) is 118 Å². The van der Waals surface area contributed by atoms with Crippen LogP contribution in [0, 0.1) is 0 Å². The minimum atomic E-state index is -4.15. The average molecular weight is 802 g/mol. The summed E-state index contributed by atoms with van der Waals surface area (Å²) in [4.78, 5) is 18.0. The van der Waals surface area contributed by atoms with Crippen LogP contribution in [-0.4, -0.2) is 66.3 Å². The highest BCUT2D eigenvalue weighted by Crippen LogP contribution is 2.34. The van der Waals surface area contributed by atoms with Crippen LogP contribution in [-0.2, 0) is 26.2 Å². The van der Waals surface area contributed by atoms with Crippen LogP contribution < -0.4 is 4.31 Å². The van der Waals surface area contributed by atoms with E-state index in [-0.39, 0.29) is 13.3 Å². The van der Waals surface area contributed by atoms with Gasteiger partial charge in [-0.05, 0) is 91.4 Å². The number of anilines is 1. The molecule has 1 amide bonds. The van der Waals surface area contributed by atoms with Gasteiger partial charge in [0.2, 0.25) is 0 Å². The number of amides is 1. The van der Waals surface area contributed by atoms with Crippen molar-refractivity contribution < 1.29 is 17.9 Å². The van der Waals surface area contributed by atoms with Crippen LogP contribution in [0.2, 0.25) is 35.7 Å². The predicted octanol–water partition coefficient (Wildman–Crippen LogP) is 9.06. The Morgan fingerprint density at radius 2 is 1.63 bits per heavy atom. The van der Waals surface area contributed by atoms with Gasteiger partial charge in [0, 0.05) is 49.1 Å². The Hall–Kier alpha value is -4.33.